The van der Waals surface area contributed by atoms with Crippen LogP contribution in [0.2, 0.25) is 0 Å². The van der Waals surface area contributed by atoms with Gasteiger partial charge < -0.3 is 25.2 Å². The second-order valence-corrected chi connectivity index (χ2v) is 6.65. The molecule has 166 valence electrons. The minimum absolute atomic E-state index is 0.133. The van der Waals surface area contributed by atoms with Gasteiger partial charge in [0.15, 0.2) is 11.5 Å². The van der Waals surface area contributed by atoms with Crippen LogP contribution in [0.5, 0.6) is 11.5 Å². The van der Waals surface area contributed by atoms with E-state index in [0.717, 1.165) is 0 Å². The van der Waals surface area contributed by atoms with Gasteiger partial charge in [-0.05, 0) is 29.8 Å². The summed E-state index contributed by atoms with van der Waals surface area (Å²) in [6.07, 6.45) is -2.19. The number of carboxylic acid groups (broad SMARTS) is 1. The molecule has 2 aromatic heterocycles. The van der Waals surface area contributed by atoms with E-state index >= 15 is 0 Å². The number of hydrogen-bond donors (Lipinski definition) is 4. The molecular formula is C19H16F2N6O5. The monoisotopic (exact) mass is 446 g/mol. The summed E-state index contributed by atoms with van der Waals surface area (Å²) < 4.78 is 36.5. The average molecular weight is 446 g/mol. The number of nitrogens with zero attached hydrogens (tertiary/aromatic N) is 3. The number of pyridine rings is 1. The highest BCUT2D eigenvalue weighted by atomic mass is 19.3. The minimum atomic E-state index is -3.75. The second-order valence-electron chi connectivity index (χ2n) is 6.65. The maximum absolute atomic E-state index is 13.2. The lowest BCUT2D eigenvalue weighted by molar-refractivity contribution is -0.286. The Morgan fingerprint density at radius 1 is 1.16 bits per heavy atom. The van der Waals surface area contributed by atoms with Crippen molar-refractivity contribution in [1.29, 1.82) is 0 Å². The highest BCUT2D eigenvalue weighted by molar-refractivity contribution is 6.07. The molecule has 0 saturated heterocycles. The molecule has 0 aliphatic carbocycles. The maximum Gasteiger partial charge on any atom is 0.586 e. The number of aromatic nitrogens is 3. The number of ether oxygens (including phenoxy) is 2. The van der Waals surface area contributed by atoms with Gasteiger partial charge in [0.1, 0.15) is 17.2 Å². The quantitative estimate of drug-likeness (QED) is 0.453. The predicted molar refractivity (Wildman–Crippen MR) is 107 cm³/mol. The molecule has 13 heteroatoms. The van der Waals surface area contributed by atoms with E-state index in [1.165, 1.54) is 35.3 Å². The summed E-state index contributed by atoms with van der Waals surface area (Å²) in [5, 5.41) is 20.7. The Labute approximate surface area is 179 Å². The van der Waals surface area contributed by atoms with Crippen molar-refractivity contribution in [1.82, 2.24) is 14.8 Å². The third kappa shape index (κ3) is 4.50. The van der Waals surface area contributed by atoms with Gasteiger partial charge in [-0.1, -0.05) is 0 Å². The Kier molecular flexibility index (Phi) is 5.22. The van der Waals surface area contributed by atoms with Gasteiger partial charge in [0.05, 0.1) is 6.20 Å². The first-order valence-corrected chi connectivity index (χ1v) is 9.12. The molecule has 4 N–H and O–H groups in total. The Morgan fingerprint density at radius 2 is 1.94 bits per heavy atom. The number of halogens is 2. The molecule has 32 heavy (non-hydrogen) atoms. The van der Waals surface area contributed by atoms with Crippen LogP contribution in [-0.2, 0) is 13.6 Å². The van der Waals surface area contributed by atoms with Crippen LogP contribution in [0.1, 0.15) is 15.9 Å². The topological polar surface area (TPSA) is 140 Å². The molecule has 1 aromatic carbocycles. The first-order chi connectivity index (χ1) is 15.2. The number of amides is 2. The minimum Gasteiger partial charge on any atom is -0.465 e. The Hall–Kier alpha value is -4.42. The van der Waals surface area contributed by atoms with Crippen LogP contribution < -0.4 is 25.4 Å². The number of hydrogen-bond acceptors (Lipinski definition) is 7. The highest BCUT2D eigenvalue weighted by Gasteiger charge is 2.43. The van der Waals surface area contributed by atoms with Gasteiger partial charge in [0, 0.05) is 31.5 Å². The van der Waals surface area contributed by atoms with Crippen molar-refractivity contribution in [3.05, 3.63) is 53.9 Å². The first kappa shape index (κ1) is 20.8. The molecular weight excluding hydrogens is 430 g/mol. The van der Waals surface area contributed by atoms with Crippen molar-refractivity contribution in [2.75, 3.05) is 16.0 Å². The van der Waals surface area contributed by atoms with Crippen LogP contribution in [0.3, 0.4) is 0 Å². The van der Waals surface area contributed by atoms with E-state index in [9.17, 15) is 18.4 Å². The van der Waals surface area contributed by atoms with Gasteiger partial charge in [0.25, 0.3) is 5.91 Å². The number of carbonyl (C=O) groups is 2. The van der Waals surface area contributed by atoms with E-state index in [1.807, 2.05) is 0 Å². The van der Waals surface area contributed by atoms with Gasteiger partial charge in [-0.3, -0.25) is 14.8 Å². The summed E-state index contributed by atoms with van der Waals surface area (Å²) in [6.45, 7) is 0.246. The average Bonchev–Trinajstić information content (AvgIpc) is 3.23. The molecule has 2 amide bonds. The number of alkyl halides is 2. The first-order valence-electron chi connectivity index (χ1n) is 9.12. The molecule has 3 heterocycles. The van der Waals surface area contributed by atoms with Gasteiger partial charge in [-0.2, -0.15) is 5.10 Å². The van der Waals surface area contributed by atoms with Gasteiger partial charge >= 0.3 is 12.4 Å². The number of aryl methyl sites for hydroxylation is 1. The number of fused-ring (bicyclic) bond motifs is 1. The number of rotatable bonds is 6. The normalized spacial score (nSPS) is 13.5. The lowest BCUT2D eigenvalue weighted by atomic mass is 10.2. The number of benzene rings is 1. The van der Waals surface area contributed by atoms with Crippen LogP contribution >= 0.6 is 0 Å². The zero-order valence-corrected chi connectivity index (χ0v) is 16.4. The summed E-state index contributed by atoms with van der Waals surface area (Å²) in [4.78, 5) is 27.4. The molecule has 4 rings (SSSR count). The molecule has 0 fully saturated rings. The van der Waals surface area contributed by atoms with E-state index in [4.69, 9.17) is 5.11 Å². The lowest BCUT2D eigenvalue weighted by Gasteiger charge is -2.11. The van der Waals surface area contributed by atoms with Crippen molar-refractivity contribution in [2.45, 2.75) is 12.8 Å². The van der Waals surface area contributed by atoms with Crippen molar-refractivity contribution in [2.24, 2.45) is 7.05 Å². The van der Waals surface area contributed by atoms with E-state index < -0.39 is 18.3 Å². The van der Waals surface area contributed by atoms with Gasteiger partial charge in [-0.15, -0.1) is 8.78 Å². The van der Waals surface area contributed by atoms with Crippen molar-refractivity contribution >= 4 is 29.3 Å². The fourth-order valence-electron chi connectivity index (χ4n) is 2.99. The molecule has 1 aliphatic rings. The van der Waals surface area contributed by atoms with Gasteiger partial charge in [0.2, 0.25) is 0 Å². The van der Waals surface area contributed by atoms with Crippen molar-refractivity contribution < 1.29 is 33.0 Å². The number of anilines is 3. The zero-order chi connectivity index (χ0) is 22.9. The third-order valence-corrected chi connectivity index (χ3v) is 4.36. The summed E-state index contributed by atoms with van der Waals surface area (Å²) in [5.74, 6) is -0.312. The van der Waals surface area contributed by atoms with E-state index in [1.54, 1.807) is 19.2 Å². The van der Waals surface area contributed by atoms with Crippen molar-refractivity contribution in [3.63, 3.8) is 0 Å². The van der Waals surface area contributed by atoms with Crippen LogP contribution in [0, 0.1) is 0 Å². The SMILES string of the molecule is Cn1ncc(C(=O)Nc2ccc3c(c2)OC(F)(F)O3)c1NCc1ccnc(NC(=O)O)c1. The predicted octanol–water partition coefficient (Wildman–Crippen LogP) is 3.09. The zero-order valence-electron chi connectivity index (χ0n) is 16.4. The molecule has 0 atom stereocenters. The van der Waals surface area contributed by atoms with Gasteiger partial charge in [-0.25, -0.2) is 9.78 Å². The third-order valence-electron chi connectivity index (χ3n) is 4.36. The summed E-state index contributed by atoms with van der Waals surface area (Å²) in [6, 6.07) is 7.11. The Morgan fingerprint density at radius 3 is 2.72 bits per heavy atom. The van der Waals surface area contributed by atoms with Crippen LogP contribution in [-0.4, -0.2) is 38.2 Å². The molecule has 3 aromatic rings. The molecule has 0 unspecified atom stereocenters. The molecule has 0 saturated carbocycles. The fourth-order valence-corrected chi connectivity index (χ4v) is 2.99. The fraction of sp³-hybridized carbons (Fsp3) is 0.158. The van der Waals surface area contributed by atoms with E-state index in [-0.39, 0.29) is 35.1 Å². The van der Waals surface area contributed by atoms with Crippen LogP contribution in [0.25, 0.3) is 0 Å². The largest absolute Gasteiger partial charge is 0.586 e. The smallest absolute Gasteiger partial charge is 0.465 e. The highest BCUT2D eigenvalue weighted by Crippen LogP contribution is 2.42. The molecule has 0 radical (unpaired) electrons. The molecule has 0 spiro atoms. The van der Waals surface area contributed by atoms with Crippen LogP contribution in [0.15, 0.2) is 42.7 Å². The van der Waals surface area contributed by atoms with E-state index in [0.29, 0.717) is 11.4 Å². The number of nitrogens with one attached hydrogen (secondary N) is 3. The second kappa shape index (κ2) is 8.02. The standard InChI is InChI=1S/C19H16F2N6O5/c1-27-16(23-8-10-4-5-22-15(6-10)26-18(29)30)12(9-24-27)17(28)25-11-2-3-13-14(7-11)32-19(20,21)31-13/h2-7,9,23H,8H2,1H3,(H,22,26)(H,25,28)(H,29,30). The summed E-state index contributed by atoms with van der Waals surface area (Å²) >= 11 is 0. The molecule has 0 bridgehead atoms. The summed E-state index contributed by atoms with van der Waals surface area (Å²) in [7, 11) is 1.63. The molecule has 1 aliphatic heterocycles. The van der Waals surface area contributed by atoms with E-state index in [2.05, 4.69) is 35.5 Å². The lowest BCUT2D eigenvalue weighted by Crippen LogP contribution is -2.25. The van der Waals surface area contributed by atoms with Crippen molar-refractivity contribution in [3.8, 4) is 11.5 Å². The summed E-state index contributed by atoms with van der Waals surface area (Å²) in [5.41, 5.74) is 1.13. The maximum atomic E-state index is 13.2. The number of carbonyl (C=O) groups excluding carboxylic acids is 1. The Balaban J connectivity index is 1.46. The Bertz CT molecular complexity index is 1200. The van der Waals surface area contributed by atoms with Crippen LogP contribution in [0.4, 0.5) is 30.9 Å². The molecule has 11 nitrogen and oxygen atoms in total.